The summed E-state index contributed by atoms with van der Waals surface area (Å²) in [4.78, 5) is 11.9. The van der Waals surface area contributed by atoms with Gasteiger partial charge in [0.2, 0.25) is 0 Å². The van der Waals surface area contributed by atoms with E-state index in [1.54, 1.807) is 0 Å². The first kappa shape index (κ1) is 14.9. The maximum Gasteiger partial charge on any atom is 0.319 e. The van der Waals surface area contributed by atoms with Crippen LogP contribution in [0, 0.1) is 0 Å². The Bertz CT molecular complexity index is 439. The molecule has 0 atom stereocenters. The Morgan fingerprint density at radius 1 is 1.30 bits per heavy atom. The molecule has 1 aliphatic rings. The van der Waals surface area contributed by atoms with E-state index in [4.69, 9.17) is 0 Å². The summed E-state index contributed by atoms with van der Waals surface area (Å²) in [5.74, 6) is 0. The standard InChI is InChI=1S/C16H25N3O/c1-12(2)17-11-13-6-5-9-15(10-13)19-16(20)18-14-7-3-4-8-14/h5-6,9-10,12,14,17H,3-4,7-8,11H2,1-2H3,(H2,18,19,20). The number of hydrogen-bond donors (Lipinski definition) is 3. The highest BCUT2D eigenvalue weighted by molar-refractivity contribution is 5.89. The molecule has 0 radical (unpaired) electrons. The Kier molecular flexibility index (Phi) is 5.41. The zero-order chi connectivity index (χ0) is 14.4. The number of rotatable bonds is 5. The molecule has 1 saturated carbocycles. The van der Waals surface area contributed by atoms with E-state index in [0.717, 1.165) is 25.1 Å². The van der Waals surface area contributed by atoms with Gasteiger partial charge in [-0.1, -0.05) is 38.8 Å². The Morgan fingerprint density at radius 3 is 2.75 bits per heavy atom. The van der Waals surface area contributed by atoms with Crippen LogP contribution in [0.25, 0.3) is 0 Å². The summed E-state index contributed by atoms with van der Waals surface area (Å²) in [5.41, 5.74) is 2.03. The molecule has 0 spiro atoms. The van der Waals surface area contributed by atoms with Crippen molar-refractivity contribution in [2.75, 3.05) is 5.32 Å². The Balaban J connectivity index is 1.85. The minimum atomic E-state index is -0.0918. The van der Waals surface area contributed by atoms with Crippen LogP contribution in [0.1, 0.15) is 45.1 Å². The van der Waals surface area contributed by atoms with E-state index >= 15 is 0 Å². The highest BCUT2D eigenvalue weighted by Gasteiger charge is 2.16. The summed E-state index contributed by atoms with van der Waals surface area (Å²) in [6.07, 6.45) is 4.65. The van der Waals surface area contributed by atoms with Crippen molar-refractivity contribution < 1.29 is 4.79 Å². The van der Waals surface area contributed by atoms with E-state index in [9.17, 15) is 4.79 Å². The first-order valence-electron chi connectivity index (χ1n) is 7.53. The van der Waals surface area contributed by atoms with Crippen LogP contribution < -0.4 is 16.0 Å². The fourth-order valence-electron chi connectivity index (χ4n) is 2.50. The summed E-state index contributed by atoms with van der Waals surface area (Å²) in [5, 5.41) is 9.32. The van der Waals surface area contributed by atoms with Gasteiger partial charge in [0, 0.05) is 24.3 Å². The number of urea groups is 1. The monoisotopic (exact) mass is 275 g/mol. The SMILES string of the molecule is CC(C)NCc1cccc(NC(=O)NC2CCCC2)c1. The zero-order valence-electron chi connectivity index (χ0n) is 12.4. The molecule has 1 aromatic carbocycles. The number of carbonyl (C=O) groups excluding carboxylic acids is 1. The number of anilines is 1. The van der Waals surface area contributed by atoms with Crippen molar-refractivity contribution in [3.05, 3.63) is 29.8 Å². The van der Waals surface area contributed by atoms with Gasteiger partial charge in [-0.3, -0.25) is 0 Å². The Labute approximate surface area is 121 Å². The van der Waals surface area contributed by atoms with E-state index in [2.05, 4.69) is 35.9 Å². The molecule has 20 heavy (non-hydrogen) atoms. The van der Waals surface area contributed by atoms with Crippen molar-refractivity contribution in [2.45, 2.75) is 58.2 Å². The number of amides is 2. The number of hydrogen-bond acceptors (Lipinski definition) is 2. The molecule has 1 fully saturated rings. The van der Waals surface area contributed by atoms with Gasteiger partial charge in [0.05, 0.1) is 0 Å². The Morgan fingerprint density at radius 2 is 2.05 bits per heavy atom. The van der Waals surface area contributed by atoms with Crippen LogP contribution in [0.15, 0.2) is 24.3 Å². The van der Waals surface area contributed by atoms with Crippen molar-refractivity contribution >= 4 is 11.7 Å². The number of benzene rings is 1. The molecule has 110 valence electrons. The van der Waals surface area contributed by atoms with E-state index < -0.39 is 0 Å². The van der Waals surface area contributed by atoms with E-state index in [1.165, 1.54) is 18.4 Å². The summed E-state index contributed by atoms with van der Waals surface area (Å²) in [6.45, 7) is 5.06. The van der Waals surface area contributed by atoms with Crippen molar-refractivity contribution in [3.63, 3.8) is 0 Å². The minimum Gasteiger partial charge on any atom is -0.335 e. The summed E-state index contributed by atoms with van der Waals surface area (Å²) in [6, 6.07) is 8.69. The van der Waals surface area contributed by atoms with Crippen LogP contribution in [-0.2, 0) is 6.54 Å². The van der Waals surface area contributed by atoms with E-state index in [1.807, 2.05) is 18.2 Å². The lowest BCUT2D eigenvalue weighted by atomic mass is 10.2. The van der Waals surface area contributed by atoms with Crippen molar-refractivity contribution in [1.29, 1.82) is 0 Å². The first-order valence-corrected chi connectivity index (χ1v) is 7.53. The van der Waals surface area contributed by atoms with Crippen LogP contribution in [0.4, 0.5) is 10.5 Å². The maximum absolute atomic E-state index is 11.9. The zero-order valence-corrected chi connectivity index (χ0v) is 12.4. The molecule has 1 aromatic rings. The molecule has 4 heteroatoms. The summed E-state index contributed by atoms with van der Waals surface area (Å²) < 4.78 is 0. The average molecular weight is 275 g/mol. The highest BCUT2D eigenvalue weighted by Crippen LogP contribution is 2.18. The fourth-order valence-corrected chi connectivity index (χ4v) is 2.50. The predicted octanol–water partition coefficient (Wildman–Crippen LogP) is 3.25. The second-order valence-corrected chi connectivity index (χ2v) is 5.82. The summed E-state index contributed by atoms with van der Waals surface area (Å²) >= 11 is 0. The van der Waals surface area contributed by atoms with Crippen LogP contribution >= 0.6 is 0 Å². The summed E-state index contributed by atoms with van der Waals surface area (Å²) in [7, 11) is 0. The van der Waals surface area contributed by atoms with Gasteiger partial charge in [-0.2, -0.15) is 0 Å². The second-order valence-electron chi connectivity index (χ2n) is 5.82. The lowest BCUT2D eigenvalue weighted by Gasteiger charge is -2.14. The Hall–Kier alpha value is -1.55. The van der Waals surface area contributed by atoms with Gasteiger partial charge >= 0.3 is 6.03 Å². The molecule has 0 saturated heterocycles. The lowest BCUT2D eigenvalue weighted by molar-refractivity contribution is 0.248. The molecule has 1 aliphatic carbocycles. The van der Waals surface area contributed by atoms with Crippen LogP contribution in [0.2, 0.25) is 0 Å². The third kappa shape index (κ3) is 4.85. The molecule has 0 aliphatic heterocycles. The first-order chi connectivity index (χ1) is 9.63. The third-order valence-corrected chi connectivity index (χ3v) is 3.59. The smallest absolute Gasteiger partial charge is 0.319 e. The molecule has 0 bridgehead atoms. The molecule has 0 aromatic heterocycles. The van der Waals surface area contributed by atoms with Gasteiger partial charge in [0.1, 0.15) is 0 Å². The average Bonchev–Trinajstić information content (AvgIpc) is 2.89. The molecular weight excluding hydrogens is 250 g/mol. The van der Waals surface area contributed by atoms with Gasteiger partial charge in [0.25, 0.3) is 0 Å². The minimum absolute atomic E-state index is 0.0918. The highest BCUT2D eigenvalue weighted by atomic mass is 16.2. The van der Waals surface area contributed by atoms with Crippen LogP contribution in [0.3, 0.4) is 0 Å². The van der Waals surface area contributed by atoms with Crippen LogP contribution in [-0.4, -0.2) is 18.1 Å². The third-order valence-electron chi connectivity index (χ3n) is 3.59. The molecule has 2 amide bonds. The van der Waals surface area contributed by atoms with Crippen molar-refractivity contribution in [3.8, 4) is 0 Å². The maximum atomic E-state index is 11.9. The van der Waals surface area contributed by atoms with Crippen LogP contribution in [0.5, 0.6) is 0 Å². The largest absolute Gasteiger partial charge is 0.335 e. The van der Waals surface area contributed by atoms with Gasteiger partial charge in [0.15, 0.2) is 0 Å². The predicted molar refractivity (Wildman–Crippen MR) is 82.8 cm³/mol. The molecule has 3 N–H and O–H groups in total. The topological polar surface area (TPSA) is 53.2 Å². The quantitative estimate of drug-likeness (QED) is 0.772. The van der Waals surface area contributed by atoms with Gasteiger partial charge < -0.3 is 16.0 Å². The molecule has 2 rings (SSSR count). The normalized spacial score (nSPS) is 15.6. The molecular formula is C16H25N3O. The second kappa shape index (κ2) is 7.29. The van der Waals surface area contributed by atoms with Crippen molar-refractivity contribution in [2.24, 2.45) is 0 Å². The molecule has 0 heterocycles. The van der Waals surface area contributed by atoms with Crippen molar-refractivity contribution in [1.82, 2.24) is 10.6 Å². The van der Waals surface area contributed by atoms with E-state index in [-0.39, 0.29) is 6.03 Å². The fraction of sp³-hybridized carbons (Fsp3) is 0.562. The molecule has 4 nitrogen and oxygen atoms in total. The molecule has 0 unspecified atom stereocenters. The van der Waals surface area contributed by atoms with Gasteiger partial charge in [-0.25, -0.2) is 4.79 Å². The number of carbonyl (C=O) groups is 1. The van der Waals surface area contributed by atoms with Gasteiger partial charge in [-0.05, 0) is 30.5 Å². The number of nitrogens with one attached hydrogen (secondary N) is 3. The van der Waals surface area contributed by atoms with Gasteiger partial charge in [-0.15, -0.1) is 0 Å². The van der Waals surface area contributed by atoms with E-state index in [0.29, 0.717) is 12.1 Å². The lowest BCUT2D eigenvalue weighted by Crippen LogP contribution is -2.36.